The number of fused-ring (bicyclic) bond motifs is 2. The van der Waals surface area contributed by atoms with Crippen LogP contribution in [0.15, 0.2) is 89.5 Å². The minimum absolute atomic E-state index is 0.0152. The van der Waals surface area contributed by atoms with Crippen LogP contribution in [-0.2, 0) is 50.6 Å². The van der Waals surface area contributed by atoms with Crippen molar-refractivity contribution in [3.05, 3.63) is 133 Å². The molecule has 2 aliphatic rings. The number of hydrogen-bond acceptors (Lipinski definition) is 20. The van der Waals surface area contributed by atoms with Gasteiger partial charge in [-0.3, -0.25) is 43.2 Å². The summed E-state index contributed by atoms with van der Waals surface area (Å²) < 4.78 is 128. The van der Waals surface area contributed by atoms with Gasteiger partial charge in [0.25, 0.3) is 31.8 Å². The Morgan fingerprint density at radius 2 is 1.42 bits per heavy atom. The van der Waals surface area contributed by atoms with Crippen molar-refractivity contribution in [2.45, 2.75) is 50.8 Å². The van der Waals surface area contributed by atoms with Crippen molar-refractivity contribution in [3.63, 3.8) is 0 Å². The second-order valence-corrected chi connectivity index (χ2v) is 29.4. The molecule has 31 nitrogen and oxygen atoms in total. The molecule has 3 unspecified atom stereocenters. The number of likely N-dealkylation sites (N-methyl/N-ethyl adjacent to an activating group) is 1. The highest BCUT2D eigenvalue weighted by atomic mass is 32.2. The summed E-state index contributed by atoms with van der Waals surface area (Å²) in [5.74, 6) is -8.72. The molecule has 0 radical (unpaired) electrons. The van der Waals surface area contributed by atoms with Crippen molar-refractivity contribution in [2.24, 2.45) is 0 Å². The first-order chi connectivity index (χ1) is 46.3. The molecule has 0 aliphatic carbocycles. The molecule has 538 valence electrons. The van der Waals surface area contributed by atoms with E-state index in [4.69, 9.17) is 23.8 Å². The van der Waals surface area contributed by atoms with E-state index in [0.29, 0.717) is 44.7 Å². The van der Waals surface area contributed by atoms with Crippen LogP contribution in [0.5, 0.6) is 29.0 Å². The summed E-state index contributed by atoms with van der Waals surface area (Å²) in [5, 5.41) is 42.0. The molecule has 0 saturated heterocycles. The lowest BCUT2D eigenvalue weighted by Crippen LogP contribution is -2.55. The molecule has 0 saturated carbocycles. The first kappa shape index (κ1) is 77.1. The van der Waals surface area contributed by atoms with E-state index in [9.17, 15) is 70.2 Å². The number of methoxy groups -OCH3 is 1. The summed E-state index contributed by atoms with van der Waals surface area (Å²) in [7, 11) is 5.40. The van der Waals surface area contributed by atoms with E-state index in [1.165, 1.54) is 48.1 Å². The summed E-state index contributed by atoms with van der Waals surface area (Å²) in [6.45, 7) is -3.50. The van der Waals surface area contributed by atoms with Gasteiger partial charge in [-0.1, -0.05) is 24.3 Å². The smallest absolute Gasteiger partial charge is 0.493 e. The van der Waals surface area contributed by atoms with Crippen LogP contribution in [0.3, 0.4) is 0 Å². The number of nitrogens with zero attached hydrogens (tertiary/aromatic N) is 7. The molecule has 0 fully saturated rings. The quantitative estimate of drug-likeness (QED) is 0.00708. The molecule has 4 amide bonds. The lowest BCUT2D eigenvalue weighted by atomic mass is 9.88. The number of hydrogen-bond donors (Lipinski definition) is 8. The third kappa shape index (κ3) is 22.1. The largest absolute Gasteiger partial charge is 0.737 e. The predicted octanol–water partition coefficient (Wildman–Crippen LogP) is 3.69. The molecule has 3 atom stereocenters. The maximum Gasteiger partial charge on any atom is 0.737 e. The van der Waals surface area contributed by atoms with Crippen molar-refractivity contribution in [1.82, 2.24) is 35.4 Å². The second-order valence-electron chi connectivity index (χ2n) is 25.5. The van der Waals surface area contributed by atoms with Crippen LogP contribution in [-0.4, -0.2) is 244 Å². The van der Waals surface area contributed by atoms with Gasteiger partial charge in [0.2, 0.25) is 29.5 Å². The van der Waals surface area contributed by atoms with Crippen LogP contribution in [0.4, 0.5) is 19.1 Å². The molecular weight excluding hydrogens is 1360 g/mol. The van der Waals surface area contributed by atoms with E-state index in [2.05, 4.69) is 52.9 Å². The number of carbonyl (C=O) groups is 5. The standard InChI is InChI=1S/C62H80BF2N11O20S3/c1-40(95-62(83)96-73-58(79)22-23-59(73)80)46-33-53(92-9)54(35-51(46)74(84)85)93-29-26-70(2)25-24-66-60(81)47(38-98(86,87)88)68-56(77)36-67-61(82)48(39-99(89,90)91)69-57(78)37-94-45-20-17-41(18-21-45)16-19-44-31-42(13-10-27-75(3,4)5)49-34-50-43(14-11-28-76(6,7)8)32-52(55-15-12-30-97-55)72(50)63(64,65)71(44)49/h12,15-23,30-35,40,47-48H,10-11,13-14,24-29,36-39H2,1-9H3,(H6-2,66,67,68,69,77,78,79,80,81,82,86,87,88,89,90,91)/p+2. The fraction of sp³-hybridized carbons (Fsp3) is 0.419. The Morgan fingerprint density at radius 1 is 0.808 bits per heavy atom. The molecule has 37 heteroatoms. The second kappa shape index (κ2) is 32.6. The SMILES string of the molecule is COc1cc(C(C)OC(=O)On2c(O)ccc2O)c([N+](=O)[O-])cc1OCCN(C)CCNC(=O)C(CS(=O)(=O)O)NC(=O)CNC(=O)C(CS(=O)(=O)O)NC(=O)COc1ccc(C=Cc2cc(CCC[N+](C)(C)C)c3n2[B-](F)(F)[N+]2=C(c4cccs4)C=C(CCC[N+](C)(C)C)C2=C3)cc1. The van der Waals surface area contributed by atoms with Gasteiger partial charge < -0.3 is 81.9 Å². The fourth-order valence-electron chi connectivity index (χ4n) is 10.7. The summed E-state index contributed by atoms with van der Waals surface area (Å²) in [6.07, 6.45) is 7.06. The van der Waals surface area contributed by atoms with Gasteiger partial charge in [0, 0.05) is 73.7 Å². The number of aromatic hydroxyl groups is 2. The zero-order valence-corrected chi connectivity index (χ0v) is 58.3. The molecule has 7 rings (SSSR count). The Balaban J connectivity index is 0.914. The van der Waals surface area contributed by atoms with E-state index in [0.717, 1.165) is 69.1 Å². The highest BCUT2D eigenvalue weighted by Crippen LogP contribution is 2.42. The number of thiophene rings is 1. The van der Waals surface area contributed by atoms with Crippen molar-refractivity contribution in [2.75, 3.05) is 120 Å². The predicted molar refractivity (Wildman–Crippen MR) is 361 cm³/mol. The van der Waals surface area contributed by atoms with Gasteiger partial charge in [0.15, 0.2) is 29.5 Å². The molecule has 8 N–H and O–H groups in total. The van der Waals surface area contributed by atoms with Crippen molar-refractivity contribution >= 4 is 98.0 Å². The zero-order chi connectivity index (χ0) is 73.0. The van der Waals surface area contributed by atoms with Gasteiger partial charge in [0.1, 0.15) is 42.0 Å². The number of quaternary nitrogens is 2. The van der Waals surface area contributed by atoms with Gasteiger partial charge in [-0.05, 0) is 79.7 Å². The van der Waals surface area contributed by atoms with E-state index in [1.807, 2.05) is 46.4 Å². The lowest BCUT2D eigenvalue weighted by Gasteiger charge is -2.31. The van der Waals surface area contributed by atoms with Crippen molar-refractivity contribution in [1.29, 1.82) is 0 Å². The van der Waals surface area contributed by atoms with Crippen LogP contribution < -0.4 is 40.3 Å². The van der Waals surface area contributed by atoms with E-state index >= 15 is 8.63 Å². The Morgan fingerprint density at radius 3 is 2.01 bits per heavy atom. The third-order valence-corrected chi connectivity index (χ3v) is 17.9. The van der Waals surface area contributed by atoms with Gasteiger partial charge in [-0.2, -0.15) is 16.8 Å². The Kier molecular flexibility index (Phi) is 25.4. The lowest BCUT2D eigenvalue weighted by molar-refractivity contribution is -0.870. The number of rotatable bonds is 36. The van der Waals surface area contributed by atoms with Crippen LogP contribution >= 0.6 is 11.3 Å². The number of nitrogens with one attached hydrogen (secondary N) is 4. The average Bonchev–Trinajstić information content (AvgIpc) is 1.56. The van der Waals surface area contributed by atoms with Crippen LogP contribution in [0.2, 0.25) is 0 Å². The number of amides is 4. The zero-order valence-electron chi connectivity index (χ0n) is 55.9. The highest BCUT2D eigenvalue weighted by molar-refractivity contribution is 7.86. The van der Waals surface area contributed by atoms with Gasteiger partial charge in [-0.15, -0.1) is 16.1 Å². The average molecular weight is 1450 g/mol. The number of aromatic nitrogens is 2. The maximum atomic E-state index is 17.6. The fourth-order valence-corrected chi connectivity index (χ4v) is 12.7. The minimum atomic E-state index is -4.99. The number of allylic oxidation sites excluding steroid dienone is 2. The number of halogens is 2. The molecule has 3 aromatic heterocycles. The van der Waals surface area contributed by atoms with E-state index in [1.54, 1.807) is 36.2 Å². The van der Waals surface area contributed by atoms with Crippen LogP contribution in [0.25, 0.3) is 18.2 Å². The summed E-state index contributed by atoms with van der Waals surface area (Å²) in [4.78, 5) is 83.4. The molecule has 99 heavy (non-hydrogen) atoms. The van der Waals surface area contributed by atoms with E-state index in [-0.39, 0.29) is 54.7 Å². The number of ether oxygens (including phenoxy) is 4. The van der Waals surface area contributed by atoms with Gasteiger partial charge >= 0.3 is 13.1 Å². The topological polar surface area (TPSA) is 388 Å². The molecule has 5 heterocycles. The Labute approximate surface area is 574 Å². The highest BCUT2D eigenvalue weighted by Gasteiger charge is 2.55. The molecular formula is C62H82BF2N11O20S3+2. The summed E-state index contributed by atoms with van der Waals surface area (Å²) in [5.41, 5.74) is 3.20. The molecule has 0 bridgehead atoms. The maximum absolute atomic E-state index is 17.6. The molecule has 2 aliphatic heterocycles. The Bertz CT molecular complexity index is 4150. The van der Waals surface area contributed by atoms with Gasteiger partial charge in [-0.25, -0.2) is 4.79 Å². The summed E-state index contributed by atoms with van der Waals surface area (Å²) >= 11 is 1.40. The summed E-state index contributed by atoms with van der Waals surface area (Å²) in [6, 6.07) is 11.9. The number of aryl methyl sites for hydroxylation is 1. The normalized spacial score (nSPS) is 14.7. The minimum Gasteiger partial charge on any atom is -0.493 e. The molecule has 2 aromatic carbocycles. The number of carbonyl (C=O) groups excluding carboxylic acids is 5. The van der Waals surface area contributed by atoms with Crippen molar-refractivity contribution in [3.8, 4) is 29.0 Å². The molecule has 5 aromatic rings. The van der Waals surface area contributed by atoms with Crippen LogP contribution in [0.1, 0.15) is 65.2 Å². The third-order valence-electron chi connectivity index (χ3n) is 15.5. The van der Waals surface area contributed by atoms with Crippen LogP contribution in [0, 0.1) is 10.1 Å². The monoisotopic (exact) mass is 1450 g/mol. The number of nitro benzene ring substituents is 1. The number of benzene rings is 2. The molecule has 0 spiro atoms. The first-order valence-electron chi connectivity index (χ1n) is 30.9. The van der Waals surface area contributed by atoms with Crippen molar-refractivity contribution < 1.29 is 111 Å². The van der Waals surface area contributed by atoms with E-state index < -0.39 is 122 Å². The van der Waals surface area contributed by atoms with Gasteiger partial charge in [0.05, 0.1) is 90.5 Å². The first-order valence-corrected chi connectivity index (χ1v) is 35.0. The number of nitro groups is 1. The Hall–Kier alpha value is -9.24.